The summed E-state index contributed by atoms with van der Waals surface area (Å²) < 4.78 is 1.06. The Morgan fingerprint density at radius 2 is 1.63 bits per heavy atom. The van der Waals surface area contributed by atoms with E-state index in [9.17, 15) is 5.11 Å². The fraction of sp³-hybridized carbons (Fsp3) is 0.750. The highest BCUT2D eigenvalue weighted by Crippen LogP contribution is 2.31. The van der Waals surface area contributed by atoms with Crippen LogP contribution in [0.3, 0.4) is 0 Å². The molecule has 0 amide bonds. The zero-order chi connectivity index (χ0) is 13.9. The number of unbranched alkanes of at least 4 members (excludes halogenated alkanes) is 8. The van der Waals surface area contributed by atoms with E-state index in [2.05, 4.69) is 22.9 Å². The van der Waals surface area contributed by atoms with Crippen LogP contribution in [0.4, 0.5) is 0 Å². The summed E-state index contributed by atoms with van der Waals surface area (Å²) in [6.07, 6.45) is 12.6. The van der Waals surface area contributed by atoms with Gasteiger partial charge in [-0.3, -0.25) is 0 Å². The fourth-order valence-corrected chi connectivity index (χ4v) is 3.98. The molecule has 0 aliphatic rings. The molecule has 1 unspecified atom stereocenters. The summed E-state index contributed by atoms with van der Waals surface area (Å²) in [4.78, 5) is 1.08. The van der Waals surface area contributed by atoms with Crippen LogP contribution in [0.2, 0.25) is 0 Å². The van der Waals surface area contributed by atoms with Crippen molar-refractivity contribution in [2.45, 2.75) is 77.2 Å². The molecule has 0 radical (unpaired) electrons. The van der Waals surface area contributed by atoms with Gasteiger partial charge < -0.3 is 5.11 Å². The second-order valence-electron chi connectivity index (χ2n) is 5.27. The van der Waals surface area contributed by atoms with E-state index in [1.165, 1.54) is 51.4 Å². The van der Waals surface area contributed by atoms with E-state index in [4.69, 9.17) is 0 Å². The SMILES string of the molecule is CCCCCCCCCCCC(O)c1sccc1Br. The molecule has 0 saturated carbocycles. The third kappa shape index (κ3) is 7.48. The Kier molecular flexibility index (Phi) is 9.84. The Balaban J connectivity index is 1.95. The van der Waals surface area contributed by atoms with Crippen molar-refractivity contribution in [1.82, 2.24) is 0 Å². The summed E-state index contributed by atoms with van der Waals surface area (Å²) in [5.74, 6) is 0. The van der Waals surface area contributed by atoms with Crippen LogP contribution in [0.1, 0.15) is 82.1 Å². The molecule has 1 atom stereocenters. The number of hydrogen-bond acceptors (Lipinski definition) is 2. The average Bonchev–Trinajstić information content (AvgIpc) is 2.83. The third-order valence-corrected chi connectivity index (χ3v) is 5.50. The van der Waals surface area contributed by atoms with Crippen molar-refractivity contribution in [3.8, 4) is 0 Å². The Bertz CT molecular complexity index is 324. The molecule has 0 aliphatic carbocycles. The number of rotatable bonds is 11. The van der Waals surface area contributed by atoms with Crippen molar-refractivity contribution >= 4 is 27.3 Å². The molecule has 1 heterocycles. The topological polar surface area (TPSA) is 20.2 Å². The first kappa shape index (κ1) is 17.2. The van der Waals surface area contributed by atoms with Gasteiger partial charge in [0.1, 0.15) is 0 Å². The van der Waals surface area contributed by atoms with Gasteiger partial charge in [0, 0.05) is 9.35 Å². The lowest BCUT2D eigenvalue weighted by Gasteiger charge is -2.09. The average molecular weight is 347 g/mol. The third-order valence-electron chi connectivity index (χ3n) is 3.53. The van der Waals surface area contributed by atoms with Crippen molar-refractivity contribution in [1.29, 1.82) is 0 Å². The number of aliphatic hydroxyl groups excluding tert-OH is 1. The monoisotopic (exact) mass is 346 g/mol. The van der Waals surface area contributed by atoms with Gasteiger partial charge >= 0.3 is 0 Å². The normalized spacial score (nSPS) is 12.8. The molecule has 1 N–H and O–H groups in total. The second kappa shape index (κ2) is 10.9. The summed E-state index contributed by atoms with van der Waals surface area (Å²) in [5.41, 5.74) is 0. The van der Waals surface area contributed by atoms with Gasteiger partial charge in [0.05, 0.1) is 6.10 Å². The predicted molar refractivity (Wildman–Crippen MR) is 88.8 cm³/mol. The quantitative estimate of drug-likeness (QED) is 0.455. The molecule has 1 aromatic heterocycles. The van der Waals surface area contributed by atoms with Gasteiger partial charge in [0.15, 0.2) is 0 Å². The van der Waals surface area contributed by atoms with E-state index in [0.717, 1.165) is 22.2 Å². The van der Waals surface area contributed by atoms with Crippen LogP contribution in [0, 0.1) is 0 Å². The Hall–Kier alpha value is 0.140. The largest absolute Gasteiger partial charge is 0.388 e. The molecular weight excluding hydrogens is 320 g/mol. The van der Waals surface area contributed by atoms with Crippen LogP contribution in [0.15, 0.2) is 15.9 Å². The standard InChI is InChI=1S/C16H27BrOS/c1-2-3-4-5-6-7-8-9-10-11-15(18)16-14(17)12-13-19-16/h12-13,15,18H,2-11H2,1H3. The Morgan fingerprint density at radius 3 is 2.16 bits per heavy atom. The number of thiophene rings is 1. The minimum Gasteiger partial charge on any atom is -0.388 e. The first-order valence-electron chi connectivity index (χ1n) is 7.66. The molecule has 3 heteroatoms. The van der Waals surface area contributed by atoms with Crippen molar-refractivity contribution < 1.29 is 5.11 Å². The molecule has 0 fully saturated rings. The van der Waals surface area contributed by atoms with E-state index < -0.39 is 0 Å². The molecule has 1 nitrogen and oxygen atoms in total. The Labute approximate surface area is 130 Å². The number of halogens is 1. The molecule has 0 bridgehead atoms. The molecule has 1 rings (SSSR count). The van der Waals surface area contributed by atoms with E-state index in [-0.39, 0.29) is 6.10 Å². The maximum absolute atomic E-state index is 10.1. The smallest absolute Gasteiger partial charge is 0.0893 e. The van der Waals surface area contributed by atoms with Gasteiger partial charge in [-0.2, -0.15) is 0 Å². The molecule has 1 aromatic rings. The summed E-state index contributed by atoms with van der Waals surface area (Å²) in [7, 11) is 0. The van der Waals surface area contributed by atoms with Gasteiger partial charge in [-0.25, -0.2) is 0 Å². The molecule has 110 valence electrons. The van der Waals surface area contributed by atoms with Crippen LogP contribution in [-0.4, -0.2) is 5.11 Å². The predicted octanol–water partition coefficient (Wildman–Crippen LogP) is 6.46. The molecule has 0 spiro atoms. The Morgan fingerprint density at radius 1 is 1.05 bits per heavy atom. The summed E-state index contributed by atoms with van der Waals surface area (Å²) in [5, 5.41) is 12.1. The maximum atomic E-state index is 10.1. The molecule has 0 aliphatic heterocycles. The summed E-state index contributed by atoms with van der Waals surface area (Å²) in [6, 6.07) is 2.01. The van der Waals surface area contributed by atoms with Crippen LogP contribution in [0.25, 0.3) is 0 Å². The first-order valence-corrected chi connectivity index (χ1v) is 9.34. The molecule has 0 aromatic carbocycles. The number of hydrogen-bond donors (Lipinski definition) is 1. The molecule has 19 heavy (non-hydrogen) atoms. The van der Waals surface area contributed by atoms with E-state index in [1.54, 1.807) is 11.3 Å². The maximum Gasteiger partial charge on any atom is 0.0893 e. The minimum absolute atomic E-state index is 0.279. The van der Waals surface area contributed by atoms with Crippen LogP contribution >= 0.6 is 27.3 Å². The second-order valence-corrected chi connectivity index (χ2v) is 7.07. The van der Waals surface area contributed by atoms with Gasteiger partial charge in [0.25, 0.3) is 0 Å². The van der Waals surface area contributed by atoms with Gasteiger partial charge in [-0.15, -0.1) is 11.3 Å². The lowest BCUT2D eigenvalue weighted by Crippen LogP contribution is -1.95. The molecular formula is C16H27BrOS. The van der Waals surface area contributed by atoms with Crippen molar-refractivity contribution in [2.24, 2.45) is 0 Å². The zero-order valence-corrected chi connectivity index (χ0v) is 14.4. The van der Waals surface area contributed by atoms with E-state index in [1.807, 2.05) is 11.4 Å². The number of aliphatic hydroxyl groups is 1. The molecule has 0 saturated heterocycles. The first-order chi connectivity index (χ1) is 9.25. The minimum atomic E-state index is -0.279. The fourth-order valence-electron chi connectivity index (χ4n) is 2.32. The highest BCUT2D eigenvalue weighted by Gasteiger charge is 2.11. The van der Waals surface area contributed by atoms with Crippen molar-refractivity contribution in [3.63, 3.8) is 0 Å². The zero-order valence-electron chi connectivity index (χ0n) is 12.0. The summed E-state index contributed by atoms with van der Waals surface area (Å²) in [6.45, 7) is 2.26. The highest BCUT2D eigenvalue weighted by molar-refractivity contribution is 9.10. The lowest BCUT2D eigenvalue weighted by atomic mass is 10.0. The van der Waals surface area contributed by atoms with Crippen LogP contribution in [-0.2, 0) is 0 Å². The van der Waals surface area contributed by atoms with E-state index >= 15 is 0 Å². The van der Waals surface area contributed by atoms with Crippen LogP contribution < -0.4 is 0 Å². The van der Waals surface area contributed by atoms with Gasteiger partial charge in [-0.05, 0) is 33.8 Å². The van der Waals surface area contributed by atoms with Gasteiger partial charge in [-0.1, -0.05) is 64.7 Å². The lowest BCUT2D eigenvalue weighted by molar-refractivity contribution is 0.166. The summed E-state index contributed by atoms with van der Waals surface area (Å²) >= 11 is 5.12. The van der Waals surface area contributed by atoms with Gasteiger partial charge in [0.2, 0.25) is 0 Å². The van der Waals surface area contributed by atoms with E-state index in [0.29, 0.717) is 0 Å². The van der Waals surface area contributed by atoms with Crippen molar-refractivity contribution in [3.05, 3.63) is 20.8 Å². The van der Waals surface area contributed by atoms with Crippen LogP contribution in [0.5, 0.6) is 0 Å². The highest BCUT2D eigenvalue weighted by atomic mass is 79.9. The van der Waals surface area contributed by atoms with Crippen molar-refractivity contribution in [2.75, 3.05) is 0 Å².